The standard InChI is InChI=1S/C16H19Br2NO2/c17-12-4-5-14(18)13(9-12)15(20)19-8-7-16(21)6-2-1-3-11(16)10-19/h4-5,9,11,21H,1-3,6-8,10H2. The van der Waals surface area contributed by atoms with Crippen LogP contribution in [0.1, 0.15) is 42.5 Å². The smallest absolute Gasteiger partial charge is 0.255 e. The van der Waals surface area contributed by atoms with Crippen LogP contribution in [0.15, 0.2) is 27.1 Å². The highest BCUT2D eigenvalue weighted by molar-refractivity contribution is 9.11. The van der Waals surface area contributed by atoms with E-state index in [0.29, 0.717) is 25.1 Å². The van der Waals surface area contributed by atoms with Crippen LogP contribution in [0.3, 0.4) is 0 Å². The molecule has 3 rings (SSSR count). The van der Waals surface area contributed by atoms with Gasteiger partial charge in [-0.15, -0.1) is 0 Å². The van der Waals surface area contributed by atoms with Crippen molar-refractivity contribution in [3.05, 3.63) is 32.7 Å². The predicted octanol–water partition coefficient (Wildman–Crippen LogP) is 3.98. The lowest BCUT2D eigenvalue weighted by Crippen LogP contribution is -2.54. The van der Waals surface area contributed by atoms with E-state index in [2.05, 4.69) is 31.9 Å². The van der Waals surface area contributed by atoms with Crippen molar-refractivity contribution in [2.45, 2.75) is 37.7 Å². The van der Waals surface area contributed by atoms with Gasteiger partial charge in [-0.1, -0.05) is 28.8 Å². The van der Waals surface area contributed by atoms with Gasteiger partial charge in [0, 0.05) is 28.0 Å². The van der Waals surface area contributed by atoms with Gasteiger partial charge in [0.05, 0.1) is 11.2 Å². The molecule has 2 unspecified atom stereocenters. The Bertz CT molecular complexity index is 563. The molecule has 0 aromatic heterocycles. The van der Waals surface area contributed by atoms with E-state index in [1.807, 2.05) is 23.1 Å². The average molecular weight is 417 g/mol. The normalized spacial score (nSPS) is 29.1. The monoisotopic (exact) mass is 415 g/mol. The highest BCUT2D eigenvalue weighted by Gasteiger charge is 2.43. The second-order valence-corrected chi connectivity index (χ2v) is 7.94. The Balaban J connectivity index is 1.79. The third kappa shape index (κ3) is 3.06. The van der Waals surface area contributed by atoms with Crippen molar-refractivity contribution < 1.29 is 9.90 Å². The minimum absolute atomic E-state index is 0.0517. The Labute approximate surface area is 142 Å². The van der Waals surface area contributed by atoms with E-state index in [9.17, 15) is 9.90 Å². The molecule has 114 valence electrons. The lowest BCUT2D eigenvalue weighted by molar-refractivity contribution is -0.0886. The number of nitrogens with zero attached hydrogens (tertiary/aromatic N) is 1. The Morgan fingerprint density at radius 3 is 2.90 bits per heavy atom. The molecular formula is C16H19Br2NO2. The number of piperidine rings is 1. The summed E-state index contributed by atoms with van der Waals surface area (Å²) in [5.74, 6) is 0.283. The van der Waals surface area contributed by atoms with E-state index < -0.39 is 5.60 Å². The topological polar surface area (TPSA) is 40.5 Å². The molecule has 1 saturated carbocycles. The first-order valence-electron chi connectivity index (χ1n) is 7.46. The lowest BCUT2D eigenvalue weighted by atomic mass is 9.71. The molecule has 1 saturated heterocycles. The number of benzene rings is 1. The zero-order valence-corrected chi connectivity index (χ0v) is 15.0. The molecule has 2 fully saturated rings. The minimum atomic E-state index is -0.538. The maximum Gasteiger partial charge on any atom is 0.255 e. The number of aliphatic hydroxyl groups is 1. The van der Waals surface area contributed by atoms with Gasteiger partial charge in [-0.2, -0.15) is 0 Å². The second kappa shape index (κ2) is 6.01. The first-order valence-corrected chi connectivity index (χ1v) is 9.05. The van der Waals surface area contributed by atoms with Crippen molar-refractivity contribution in [3.63, 3.8) is 0 Å². The van der Waals surface area contributed by atoms with E-state index in [4.69, 9.17) is 0 Å². The molecule has 0 spiro atoms. The molecule has 0 radical (unpaired) electrons. The Morgan fingerprint density at radius 2 is 2.10 bits per heavy atom. The summed E-state index contributed by atoms with van der Waals surface area (Å²) in [4.78, 5) is 14.6. The second-order valence-electron chi connectivity index (χ2n) is 6.17. The summed E-state index contributed by atoms with van der Waals surface area (Å²) >= 11 is 6.88. The summed E-state index contributed by atoms with van der Waals surface area (Å²) in [6.07, 6.45) is 4.89. The summed E-state index contributed by atoms with van der Waals surface area (Å²) in [5, 5.41) is 10.7. The fourth-order valence-corrected chi connectivity index (χ4v) is 4.36. The highest BCUT2D eigenvalue weighted by atomic mass is 79.9. The highest BCUT2D eigenvalue weighted by Crippen LogP contribution is 2.40. The van der Waals surface area contributed by atoms with E-state index in [0.717, 1.165) is 34.6 Å². The Hall–Kier alpha value is -0.390. The van der Waals surface area contributed by atoms with Crippen LogP contribution >= 0.6 is 31.9 Å². The Morgan fingerprint density at radius 1 is 1.29 bits per heavy atom. The quantitative estimate of drug-likeness (QED) is 0.752. The number of amides is 1. The maximum absolute atomic E-state index is 12.7. The van der Waals surface area contributed by atoms with Crippen molar-refractivity contribution >= 4 is 37.8 Å². The van der Waals surface area contributed by atoms with Crippen LogP contribution in [0.25, 0.3) is 0 Å². The third-order valence-electron chi connectivity index (χ3n) is 4.87. The predicted molar refractivity (Wildman–Crippen MR) is 89.3 cm³/mol. The molecular weight excluding hydrogens is 398 g/mol. The van der Waals surface area contributed by atoms with Crippen molar-refractivity contribution in [3.8, 4) is 0 Å². The van der Waals surface area contributed by atoms with Crippen LogP contribution in [0, 0.1) is 5.92 Å². The molecule has 2 atom stereocenters. The van der Waals surface area contributed by atoms with Gasteiger partial charge < -0.3 is 10.0 Å². The van der Waals surface area contributed by atoms with Crippen LogP contribution in [-0.2, 0) is 0 Å². The summed E-state index contributed by atoms with van der Waals surface area (Å²) in [7, 11) is 0. The summed E-state index contributed by atoms with van der Waals surface area (Å²) < 4.78 is 1.72. The molecule has 1 heterocycles. The first kappa shape index (κ1) is 15.5. The van der Waals surface area contributed by atoms with Gasteiger partial charge in [-0.3, -0.25) is 4.79 Å². The van der Waals surface area contributed by atoms with E-state index in [1.54, 1.807) is 0 Å². The van der Waals surface area contributed by atoms with Crippen LogP contribution in [0.2, 0.25) is 0 Å². The van der Waals surface area contributed by atoms with Crippen molar-refractivity contribution in [2.24, 2.45) is 5.92 Å². The number of fused-ring (bicyclic) bond motifs is 1. The molecule has 1 aliphatic carbocycles. The summed E-state index contributed by atoms with van der Waals surface area (Å²) in [5.41, 5.74) is 0.148. The number of rotatable bonds is 1. The minimum Gasteiger partial charge on any atom is -0.389 e. The van der Waals surface area contributed by atoms with Gasteiger partial charge in [0.1, 0.15) is 0 Å². The largest absolute Gasteiger partial charge is 0.389 e. The zero-order chi connectivity index (χ0) is 15.0. The van der Waals surface area contributed by atoms with Crippen molar-refractivity contribution in [1.82, 2.24) is 4.90 Å². The van der Waals surface area contributed by atoms with Crippen molar-refractivity contribution in [1.29, 1.82) is 0 Å². The van der Waals surface area contributed by atoms with Crippen LogP contribution < -0.4 is 0 Å². The van der Waals surface area contributed by atoms with Gasteiger partial charge in [-0.05, 0) is 53.4 Å². The average Bonchev–Trinajstić information content (AvgIpc) is 2.48. The number of carbonyl (C=O) groups is 1. The van der Waals surface area contributed by atoms with Crippen LogP contribution in [-0.4, -0.2) is 34.6 Å². The molecule has 0 bridgehead atoms. The third-order valence-corrected chi connectivity index (χ3v) is 6.06. The number of hydrogen-bond acceptors (Lipinski definition) is 2. The molecule has 1 amide bonds. The summed E-state index contributed by atoms with van der Waals surface area (Å²) in [6, 6.07) is 5.66. The first-order chi connectivity index (χ1) is 9.99. The maximum atomic E-state index is 12.7. The fraction of sp³-hybridized carbons (Fsp3) is 0.562. The molecule has 5 heteroatoms. The van der Waals surface area contributed by atoms with Gasteiger partial charge >= 0.3 is 0 Å². The van der Waals surface area contributed by atoms with E-state index >= 15 is 0 Å². The molecule has 1 N–H and O–H groups in total. The van der Waals surface area contributed by atoms with Crippen LogP contribution in [0.5, 0.6) is 0 Å². The molecule has 1 aromatic carbocycles. The molecule has 1 aliphatic heterocycles. The lowest BCUT2D eigenvalue weighted by Gasteiger charge is -2.47. The van der Waals surface area contributed by atoms with Crippen molar-refractivity contribution in [2.75, 3.05) is 13.1 Å². The fourth-order valence-electron chi connectivity index (χ4n) is 3.59. The Kier molecular flexibility index (Phi) is 4.44. The SMILES string of the molecule is O=C(c1cc(Br)ccc1Br)N1CCC2(O)CCCCC2C1. The summed E-state index contributed by atoms with van der Waals surface area (Å²) in [6.45, 7) is 1.32. The van der Waals surface area contributed by atoms with Gasteiger partial charge in [-0.25, -0.2) is 0 Å². The van der Waals surface area contributed by atoms with Gasteiger partial charge in [0.25, 0.3) is 5.91 Å². The van der Waals surface area contributed by atoms with Gasteiger partial charge in [0.15, 0.2) is 0 Å². The molecule has 3 nitrogen and oxygen atoms in total. The molecule has 21 heavy (non-hydrogen) atoms. The number of carbonyl (C=O) groups excluding carboxylic acids is 1. The zero-order valence-electron chi connectivity index (χ0n) is 11.8. The number of likely N-dealkylation sites (tertiary alicyclic amines) is 1. The number of hydrogen-bond donors (Lipinski definition) is 1. The van der Waals surface area contributed by atoms with E-state index in [1.165, 1.54) is 0 Å². The number of halogens is 2. The molecule has 2 aliphatic rings. The molecule has 1 aromatic rings. The van der Waals surface area contributed by atoms with E-state index in [-0.39, 0.29) is 11.8 Å². The van der Waals surface area contributed by atoms with Gasteiger partial charge in [0.2, 0.25) is 0 Å². The van der Waals surface area contributed by atoms with Crippen LogP contribution in [0.4, 0.5) is 0 Å².